The molecule has 1 amide bonds. The Hall–Kier alpha value is -1.55. The van der Waals surface area contributed by atoms with Crippen molar-refractivity contribution < 1.29 is 4.79 Å². The summed E-state index contributed by atoms with van der Waals surface area (Å²) in [5.74, 6) is -0.103. The van der Waals surface area contributed by atoms with Gasteiger partial charge >= 0.3 is 0 Å². The molecule has 3 rings (SSSR count). The number of hydrogen-bond acceptors (Lipinski definition) is 2. The van der Waals surface area contributed by atoms with Crippen LogP contribution in [0.1, 0.15) is 11.1 Å². The van der Waals surface area contributed by atoms with Gasteiger partial charge in [0.2, 0.25) is 5.91 Å². The number of halogens is 2. The summed E-state index contributed by atoms with van der Waals surface area (Å²) < 4.78 is 0. The quantitative estimate of drug-likeness (QED) is 0.886. The Morgan fingerprint density at radius 1 is 1.10 bits per heavy atom. The van der Waals surface area contributed by atoms with Crippen LogP contribution >= 0.6 is 23.2 Å². The number of carbonyl (C=O) groups is 1. The number of rotatable bonds is 2. The molecule has 5 heteroatoms. The van der Waals surface area contributed by atoms with E-state index in [4.69, 9.17) is 23.2 Å². The molecular formula is C16H14Cl2N2O. The minimum Gasteiger partial charge on any atom is -0.323 e. The number of amides is 1. The summed E-state index contributed by atoms with van der Waals surface area (Å²) in [4.78, 5) is 12.4. The van der Waals surface area contributed by atoms with Crippen molar-refractivity contribution in [2.24, 2.45) is 0 Å². The molecule has 0 radical (unpaired) electrons. The standard InChI is InChI=1S/C16H14Cl2N2O/c17-12-6-3-7-13(15(12)18)20-16(21)14-8-10-4-1-2-5-11(10)9-19-14/h1-7,14,19H,8-9H2,(H,20,21)/t14-/m1/s1. The zero-order valence-corrected chi connectivity index (χ0v) is 12.7. The average Bonchev–Trinajstić information content (AvgIpc) is 2.51. The zero-order valence-electron chi connectivity index (χ0n) is 11.2. The van der Waals surface area contributed by atoms with Crippen molar-refractivity contribution in [3.8, 4) is 0 Å². The Labute approximate surface area is 133 Å². The van der Waals surface area contributed by atoms with Crippen LogP contribution in [0.25, 0.3) is 0 Å². The highest BCUT2D eigenvalue weighted by Gasteiger charge is 2.24. The van der Waals surface area contributed by atoms with E-state index in [1.54, 1.807) is 18.2 Å². The van der Waals surface area contributed by atoms with E-state index in [-0.39, 0.29) is 11.9 Å². The fourth-order valence-corrected chi connectivity index (χ4v) is 2.81. The minimum absolute atomic E-state index is 0.103. The average molecular weight is 321 g/mol. The van der Waals surface area contributed by atoms with Gasteiger partial charge in [0, 0.05) is 6.54 Å². The number of carbonyl (C=O) groups excluding carboxylic acids is 1. The maximum Gasteiger partial charge on any atom is 0.241 e. The van der Waals surface area contributed by atoms with E-state index in [0.29, 0.717) is 28.7 Å². The molecule has 21 heavy (non-hydrogen) atoms. The van der Waals surface area contributed by atoms with E-state index < -0.39 is 0 Å². The zero-order chi connectivity index (χ0) is 14.8. The Morgan fingerprint density at radius 3 is 2.67 bits per heavy atom. The first-order chi connectivity index (χ1) is 10.1. The SMILES string of the molecule is O=C(Nc1cccc(Cl)c1Cl)[C@H]1Cc2ccccc2CN1. The summed E-state index contributed by atoms with van der Waals surface area (Å²) in [5.41, 5.74) is 2.98. The molecular weight excluding hydrogens is 307 g/mol. The lowest BCUT2D eigenvalue weighted by atomic mass is 9.95. The van der Waals surface area contributed by atoms with E-state index in [0.717, 1.165) is 0 Å². The summed E-state index contributed by atoms with van der Waals surface area (Å²) in [6, 6.07) is 13.0. The van der Waals surface area contributed by atoms with Crippen molar-refractivity contribution in [2.45, 2.75) is 19.0 Å². The Bertz CT molecular complexity index is 688. The molecule has 0 unspecified atom stereocenters. The van der Waals surface area contributed by atoms with Gasteiger partial charge in [-0.25, -0.2) is 0 Å². The highest BCUT2D eigenvalue weighted by atomic mass is 35.5. The lowest BCUT2D eigenvalue weighted by Gasteiger charge is -2.25. The minimum atomic E-state index is -0.269. The fourth-order valence-electron chi connectivity index (χ4n) is 2.46. The predicted molar refractivity (Wildman–Crippen MR) is 85.9 cm³/mol. The van der Waals surface area contributed by atoms with Crippen LogP contribution < -0.4 is 10.6 Å². The summed E-state index contributed by atoms with van der Waals surface area (Å²) in [7, 11) is 0. The molecule has 0 fully saturated rings. The summed E-state index contributed by atoms with van der Waals surface area (Å²) in [6.45, 7) is 0.692. The van der Waals surface area contributed by atoms with Gasteiger partial charge in [-0.15, -0.1) is 0 Å². The van der Waals surface area contributed by atoms with Crippen molar-refractivity contribution in [3.05, 3.63) is 63.6 Å². The van der Waals surface area contributed by atoms with Gasteiger partial charge in [-0.3, -0.25) is 4.79 Å². The van der Waals surface area contributed by atoms with Crippen molar-refractivity contribution in [1.82, 2.24) is 5.32 Å². The van der Waals surface area contributed by atoms with E-state index in [1.165, 1.54) is 11.1 Å². The first-order valence-electron chi connectivity index (χ1n) is 6.70. The smallest absolute Gasteiger partial charge is 0.241 e. The summed E-state index contributed by atoms with van der Waals surface area (Å²) in [6.07, 6.45) is 0.667. The first kappa shape index (κ1) is 14.4. The second-order valence-corrected chi connectivity index (χ2v) is 5.78. The lowest BCUT2D eigenvalue weighted by molar-refractivity contribution is -0.118. The van der Waals surface area contributed by atoms with Crippen LogP contribution in [0.2, 0.25) is 10.0 Å². The van der Waals surface area contributed by atoms with Crippen LogP contribution in [0.3, 0.4) is 0 Å². The molecule has 0 aromatic heterocycles. The van der Waals surface area contributed by atoms with Gasteiger partial charge in [-0.1, -0.05) is 53.5 Å². The summed E-state index contributed by atoms with van der Waals surface area (Å²) in [5, 5.41) is 6.87. The third kappa shape index (κ3) is 3.05. The molecule has 0 saturated carbocycles. The van der Waals surface area contributed by atoms with Gasteiger partial charge in [-0.2, -0.15) is 0 Å². The molecule has 2 N–H and O–H groups in total. The third-order valence-corrected chi connectivity index (χ3v) is 4.43. The van der Waals surface area contributed by atoms with Gasteiger partial charge in [0.1, 0.15) is 0 Å². The monoisotopic (exact) mass is 320 g/mol. The maximum atomic E-state index is 12.4. The lowest BCUT2D eigenvalue weighted by Crippen LogP contribution is -2.44. The van der Waals surface area contributed by atoms with E-state index >= 15 is 0 Å². The van der Waals surface area contributed by atoms with Crippen molar-refractivity contribution >= 4 is 34.8 Å². The molecule has 0 spiro atoms. The van der Waals surface area contributed by atoms with Gasteiger partial charge in [0.05, 0.1) is 21.8 Å². The molecule has 1 aliphatic rings. The van der Waals surface area contributed by atoms with E-state index in [9.17, 15) is 4.79 Å². The van der Waals surface area contributed by atoms with Gasteiger partial charge in [0.25, 0.3) is 0 Å². The molecule has 108 valence electrons. The predicted octanol–water partition coefficient (Wildman–Crippen LogP) is 3.65. The highest BCUT2D eigenvalue weighted by Crippen LogP contribution is 2.29. The number of anilines is 1. The largest absolute Gasteiger partial charge is 0.323 e. The molecule has 0 aliphatic carbocycles. The fraction of sp³-hybridized carbons (Fsp3) is 0.188. The second-order valence-electron chi connectivity index (χ2n) is 5.00. The Balaban J connectivity index is 1.74. The maximum absolute atomic E-state index is 12.4. The summed E-state index contributed by atoms with van der Waals surface area (Å²) >= 11 is 12.0. The topological polar surface area (TPSA) is 41.1 Å². The van der Waals surface area contributed by atoms with Crippen LogP contribution in [-0.2, 0) is 17.8 Å². The second kappa shape index (κ2) is 6.06. The molecule has 0 saturated heterocycles. The number of hydrogen-bond donors (Lipinski definition) is 2. The van der Waals surface area contributed by atoms with E-state index in [2.05, 4.69) is 22.8 Å². The number of nitrogens with one attached hydrogen (secondary N) is 2. The first-order valence-corrected chi connectivity index (χ1v) is 7.46. The number of benzene rings is 2. The van der Waals surface area contributed by atoms with Gasteiger partial charge in [0.15, 0.2) is 0 Å². The van der Waals surface area contributed by atoms with Crippen LogP contribution in [0.15, 0.2) is 42.5 Å². The van der Waals surface area contributed by atoms with Crippen molar-refractivity contribution in [2.75, 3.05) is 5.32 Å². The van der Waals surface area contributed by atoms with Crippen LogP contribution in [0.4, 0.5) is 5.69 Å². The molecule has 1 atom stereocenters. The van der Waals surface area contributed by atoms with Crippen molar-refractivity contribution in [1.29, 1.82) is 0 Å². The molecule has 2 aromatic carbocycles. The molecule has 2 aromatic rings. The molecule has 1 aliphatic heterocycles. The third-order valence-electron chi connectivity index (χ3n) is 3.61. The van der Waals surface area contributed by atoms with Crippen molar-refractivity contribution in [3.63, 3.8) is 0 Å². The Morgan fingerprint density at radius 2 is 1.86 bits per heavy atom. The molecule has 0 bridgehead atoms. The van der Waals surface area contributed by atoms with Gasteiger partial charge in [-0.05, 0) is 29.7 Å². The van der Waals surface area contributed by atoms with Crippen LogP contribution in [-0.4, -0.2) is 11.9 Å². The number of fused-ring (bicyclic) bond motifs is 1. The van der Waals surface area contributed by atoms with Crippen LogP contribution in [0.5, 0.6) is 0 Å². The molecule has 3 nitrogen and oxygen atoms in total. The van der Waals surface area contributed by atoms with Gasteiger partial charge < -0.3 is 10.6 Å². The Kier molecular flexibility index (Phi) is 4.15. The van der Waals surface area contributed by atoms with E-state index in [1.807, 2.05) is 12.1 Å². The molecule has 1 heterocycles. The normalized spacial score (nSPS) is 17.1. The van der Waals surface area contributed by atoms with Crippen LogP contribution in [0, 0.1) is 0 Å². The highest BCUT2D eigenvalue weighted by molar-refractivity contribution is 6.44.